The van der Waals surface area contributed by atoms with Gasteiger partial charge in [-0.1, -0.05) is 45.9 Å². The summed E-state index contributed by atoms with van der Waals surface area (Å²) in [6.45, 7) is 9.55. The molecule has 0 amide bonds. The summed E-state index contributed by atoms with van der Waals surface area (Å²) in [5, 5.41) is 3.36. The van der Waals surface area contributed by atoms with Gasteiger partial charge < -0.3 is 5.32 Å². The van der Waals surface area contributed by atoms with E-state index < -0.39 is 0 Å². The van der Waals surface area contributed by atoms with Crippen LogP contribution in [-0.2, 0) is 0 Å². The van der Waals surface area contributed by atoms with E-state index in [0.717, 1.165) is 6.54 Å². The fourth-order valence-electron chi connectivity index (χ4n) is 1.61. The molecule has 0 heterocycles. The standard InChI is InChI=1S/C13H22N2S.C2H6/c1-11(2)13(14-3)10-15(4)16-12-8-6-5-7-9-12;1-2/h5-9,11,13-14H,10H2,1-4H3;1-2H3. The quantitative estimate of drug-likeness (QED) is 0.788. The Kier molecular flexibility index (Phi) is 10.1. The topological polar surface area (TPSA) is 15.3 Å². The summed E-state index contributed by atoms with van der Waals surface area (Å²) in [5.74, 6) is 0.656. The van der Waals surface area contributed by atoms with Crippen molar-refractivity contribution in [3.8, 4) is 0 Å². The van der Waals surface area contributed by atoms with Gasteiger partial charge in [0.15, 0.2) is 0 Å². The molecule has 1 aromatic carbocycles. The maximum absolute atomic E-state index is 3.36. The van der Waals surface area contributed by atoms with E-state index in [1.165, 1.54) is 4.90 Å². The molecular formula is C15H28N2S. The van der Waals surface area contributed by atoms with Gasteiger partial charge in [-0.25, -0.2) is 4.31 Å². The second kappa shape index (κ2) is 10.4. The molecule has 0 aliphatic rings. The van der Waals surface area contributed by atoms with Crippen LogP contribution in [0.15, 0.2) is 35.2 Å². The van der Waals surface area contributed by atoms with Crippen LogP contribution in [0.4, 0.5) is 0 Å². The summed E-state index contributed by atoms with van der Waals surface area (Å²) < 4.78 is 2.29. The van der Waals surface area contributed by atoms with Gasteiger partial charge in [0.2, 0.25) is 0 Å². The average molecular weight is 268 g/mol. The number of rotatable bonds is 6. The van der Waals surface area contributed by atoms with E-state index in [2.05, 4.69) is 60.8 Å². The minimum atomic E-state index is 0.543. The van der Waals surface area contributed by atoms with Gasteiger partial charge in [-0.05, 0) is 44.1 Å². The summed E-state index contributed by atoms with van der Waals surface area (Å²) in [5.41, 5.74) is 0. The first-order valence-electron chi connectivity index (χ1n) is 6.75. The maximum Gasteiger partial charge on any atom is 0.0246 e. The van der Waals surface area contributed by atoms with Gasteiger partial charge in [-0.2, -0.15) is 0 Å². The number of nitrogens with zero attached hydrogens (tertiary/aromatic N) is 1. The molecular weight excluding hydrogens is 240 g/mol. The second-order valence-electron chi connectivity index (χ2n) is 4.35. The van der Waals surface area contributed by atoms with Crippen molar-refractivity contribution in [2.75, 3.05) is 20.6 Å². The van der Waals surface area contributed by atoms with Crippen molar-refractivity contribution in [2.45, 2.75) is 38.6 Å². The molecule has 104 valence electrons. The molecule has 1 N–H and O–H groups in total. The first-order valence-corrected chi connectivity index (χ1v) is 7.52. The zero-order chi connectivity index (χ0) is 14.0. The molecule has 1 aromatic rings. The number of hydrogen-bond donors (Lipinski definition) is 1. The highest BCUT2D eigenvalue weighted by molar-refractivity contribution is 7.97. The third-order valence-electron chi connectivity index (χ3n) is 2.63. The average Bonchev–Trinajstić information content (AvgIpc) is 2.39. The number of benzene rings is 1. The fraction of sp³-hybridized carbons (Fsp3) is 0.600. The smallest absolute Gasteiger partial charge is 0.0246 e. The molecule has 2 nitrogen and oxygen atoms in total. The Morgan fingerprint density at radius 3 is 2.17 bits per heavy atom. The van der Waals surface area contributed by atoms with Crippen LogP contribution >= 0.6 is 11.9 Å². The van der Waals surface area contributed by atoms with Crippen LogP contribution in [0.2, 0.25) is 0 Å². The Balaban J connectivity index is 0.00000137. The zero-order valence-corrected chi connectivity index (χ0v) is 13.4. The van der Waals surface area contributed by atoms with Gasteiger partial charge in [-0.15, -0.1) is 0 Å². The molecule has 3 heteroatoms. The van der Waals surface area contributed by atoms with Gasteiger partial charge >= 0.3 is 0 Å². The van der Waals surface area contributed by atoms with Gasteiger partial charge in [0.1, 0.15) is 0 Å². The SMILES string of the molecule is CC.CNC(CN(C)Sc1ccccc1)C(C)C. The lowest BCUT2D eigenvalue weighted by molar-refractivity contribution is 0.362. The first kappa shape index (κ1) is 17.5. The Bertz CT molecular complexity index is 288. The number of hydrogen-bond acceptors (Lipinski definition) is 3. The largest absolute Gasteiger partial charge is 0.315 e. The van der Waals surface area contributed by atoms with Gasteiger partial charge in [0.05, 0.1) is 0 Å². The van der Waals surface area contributed by atoms with Crippen molar-refractivity contribution in [3.63, 3.8) is 0 Å². The summed E-state index contributed by atoms with van der Waals surface area (Å²) >= 11 is 1.80. The molecule has 0 aliphatic heterocycles. The van der Waals surface area contributed by atoms with Crippen LogP contribution in [-0.4, -0.2) is 31.0 Å². The van der Waals surface area contributed by atoms with E-state index in [-0.39, 0.29) is 0 Å². The van der Waals surface area contributed by atoms with Crippen molar-refractivity contribution >= 4 is 11.9 Å². The molecule has 1 atom stereocenters. The molecule has 1 unspecified atom stereocenters. The van der Waals surface area contributed by atoms with Crippen LogP contribution < -0.4 is 5.32 Å². The van der Waals surface area contributed by atoms with Crippen LogP contribution in [0.1, 0.15) is 27.7 Å². The van der Waals surface area contributed by atoms with Crippen molar-refractivity contribution in [3.05, 3.63) is 30.3 Å². The van der Waals surface area contributed by atoms with Gasteiger partial charge in [0, 0.05) is 17.5 Å². The Morgan fingerprint density at radius 2 is 1.72 bits per heavy atom. The van der Waals surface area contributed by atoms with E-state index in [0.29, 0.717) is 12.0 Å². The minimum absolute atomic E-state index is 0.543. The molecule has 0 aliphatic carbocycles. The van der Waals surface area contributed by atoms with Crippen molar-refractivity contribution in [1.82, 2.24) is 9.62 Å². The highest BCUT2D eigenvalue weighted by atomic mass is 32.2. The summed E-state index contributed by atoms with van der Waals surface area (Å²) in [7, 11) is 4.18. The third-order valence-corrected chi connectivity index (χ3v) is 3.58. The van der Waals surface area contributed by atoms with Crippen molar-refractivity contribution in [2.24, 2.45) is 5.92 Å². The lowest BCUT2D eigenvalue weighted by Gasteiger charge is -2.25. The summed E-state index contributed by atoms with van der Waals surface area (Å²) in [4.78, 5) is 1.30. The number of nitrogens with one attached hydrogen (secondary N) is 1. The predicted molar refractivity (Wildman–Crippen MR) is 84.0 cm³/mol. The van der Waals surface area contributed by atoms with Crippen LogP contribution in [0.5, 0.6) is 0 Å². The second-order valence-corrected chi connectivity index (χ2v) is 5.63. The van der Waals surface area contributed by atoms with Gasteiger partial charge in [-0.3, -0.25) is 0 Å². The maximum atomic E-state index is 3.36. The molecule has 18 heavy (non-hydrogen) atoms. The monoisotopic (exact) mass is 268 g/mol. The predicted octanol–water partition coefficient (Wildman–Crippen LogP) is 3.90. The van der Waals surface area contributed by atoms with Gasteiger partial charge in [0.25, 0.3) is 0 Å². The molecule has 0 bridgehead atoms. The molecule has 0 fully saturated rings. The highest BCUT2D eigenvalue weighted by Gasteiger charge is 2.13. The van der Waals surface area contributed by atoms with Crippen molar-refractivity contribution < 1.29 is 0 Å². The summed E-state index contributed by atoms with van der Waals surface area (Å²) in [6.07, 6.45) is 0. The molecule has 0 spiro atoms. The Hall–Kier alpha value is -0.510. The first-order chi connectivity index (χ1) is 8.63. The third kappa shape index (κ3) is 7.04. The van der Waals surface area contributed by atoms with E-state index >= 15 is 0 Å². The van der Waals surface area contributed by atoms with Crippen LogP contribution in [0.3, 0.4) is 0 Å². The number of likely N-dealkylation sites (N-methyl/N-ethyl adjacent to an activating group) is 2. The Labute approximate surface area is 117 Å². The Morgan fingerprint density at radius 1 is 1.17 bits per heavy atom. The lowest BCUT2D eigenvalue weighted by Crippen LogP contribution is -2.39. The minimum Gasteiger partial charge on any atom is -0.315 e. The van der Waals surface area contributed by atoms with E-state index in [4.69, 9.17) is 0 Å². The van der Waals surface area contributed by atoms with E-state index in [1.54, 1.807) is 11.9 Å². The lowest BCUT2D eigenvalue weighted by atomic mass is 10.1. The summed E-state index contributed by atoms with van der Waals surface area (Å²) in [6, 6.07) is 11.0. The molecule has 1 rings (SSSR count). The van der Waals surface area contributed by atoms with Crippen LogP contribution in [0.25, 0.3) is 0 Å². The normalized spacial score (nSPS) is 12.2. The van der Waals surface area contributed by atoms with Crippen LogP contribution in [0, 0.1) is 5.92 Å². The highest BCUT2D eigenvalue weighted by Crippen LogP contribution is 2.21. The van der Waals surface area contributed by atoms with E-state index in [1.807, 2.05) is 20.9 Å². The zero-order valence-electron chi connectivity index (χ0n) is 12.6. The van der Waals surface area contributed by atoms with E-state index in [9.17, 15) is 0 Å². The molecule has 0 radical (unpaired) electrons. The van der Waals surface area contributed by atoms with Crippen molar-refractivity contribution in [1.29, 1.82) is 0 Å². The fourth-order valence-corrected chi connectivity index (χ4v) is 2.48. The molecule has 0 saturated carbocycles. The molecule has 0 aromatic heterocycles. The molecule has 0 saturated heterocycles.